The Kier molecular flexibility index (Phi) is 6.03. The molecule has 3 N–H and O–H groups in total. The van der Waals surface area contributed by atoms with Crippen molar-refractivity contribution in [2.75, 3.05) is 6.61 Å². The van der Waals surface area contributed by atoms with E-state index in [2.05, 4.69) is 0 Å². The Morgan fingerprint density at radius 3 is 2.62 bits per heavy atom. The number of rotatable bonds is 3. The minimum absolute atomic E-state index is 0. The van der Waals surface area contributed by atoms with Gasteiger partial charge in [-0.1, -0.05) is 12.8 Å². The lowest BCUT2D eigenvalue weighted by Gasteiger charge is -2.27. The Labute approximate surface area is 83.9 Å². The Morgan fingerprint density at radius 1 is 1.46 bits per heavy atom. The molecule has 1 fully saturated rings. The molecule has 1 aliphatic rings. The molecule has 5 heteroatoms. The maximum absolute atomic E-state index is 10.2. The average Bonchev–Trinajstić information content (AvgIpc) is 2.03. The zero-order valence-electron chi connectivity index (χ0n) is 7.44. The number of halogens is 1. The van der Waals surface area contributed by atoms with Gasteiger partial charge >= 0.3 is 5.97 Å². The topological polar surface area (TPSA) is 72.5 Å². The van der Waals surface area contributed by atoms with E-state index in [9.17, 15) is 4.79 Å². The number of carboxylic acid groups (broad SMARTS) is 1. The first kappa shape index (κ1) is 12.7. The van der Waals surface area contributed by atoms with Crippen molar-refractivity contribution in [3.63, 3.8) is 0 Å². The zero-order valence-corrected chi connectivity index (χ0v) is 8.26. The van der Waals surface area contributed by atoms with E-state index >= 15 is 0 Å². The van der Waals surface area contributed by atoms with E-state index in [1.165, 1.54) is 0 Å². The summed E-state index contributed by atoms with van der Waals surface area (Å²) in [5.41, 5.74) is 5.75. The summed E-state index contributed by atoms with van der Waals surface area (Å²) in [6, 6.07) is 0.0260. The molecular weight excluding hydrogens is 194 g/mol. The Balaban J connectivity index is 0.00000144. The van der Waals surface area contributed by atoms with Gasteiger partial charge in [-0.3, -0.25) is 0 Å². The molecule has 0 heterocycles. The molecule has 0 aromatic carbocycles. The van der Waals surface area contributed by atoms with Crippen LogP contribution in [0.2, 0.25) is 0 Å². The monoisotopic (exact) mass is 209 g/mol. The first-order valence-electron chi connectivity index (χ1n) is 4.29. The van der Waals surface area contributed by atoms with Crippen molar-refractivity contribution in [3.05, 3.63) is 0 Å². The zero-order chi connectivity index (χ0) is 8.97. The number of carboxylic acids is 1. The van der Waals surface area contributed by atoms with Gasteiger partial charge < -0.3 is 15.6 Å². The van der Waals surface area contributed by atoms with Gasteiger partial charge in [0.1, 0.15) is 6.61 Å². The molecule has 2 atom stereocenters. The third-order valence-electron chi connectivity index (χ3n) is 2.17. The van der Waals surface area contributed by atoms with Gasteiger partial charge in [0.2, 0.25) is 0 Å². The fourth-order valence-electron chi connectivity index (χ4n) is 1.51. The van der Waals surface area contributed by atoms with Crippen molar-refractivity contribution in [1.82, 2.24) is 0 Å². The molecule has 1 aliphatic carbocycles. The molecule has 1 unspecified atom stereocenters. The van der Waals surface area contributed by atoms with Crippen molar-refractivity contribution in [1.29, 1.82) is 0 Å². The smallest absolute Gasteiger partial charge is 0.329 e. The maximum atomic E-state index is 10.2. The summed E-state index contributed by atoms with van der Waals surface area (Å²) < 4.78 is 5.13. The predicted molar refractivity (Wildman–Crippen MR) is 51.1 cm³/mol. The van der Waals surface area contributed by atoms with Crippen LogP contribution in [0.25, 0.3) is 0 Å². The second-order valence-corrected chi connectivity index (χ2v) is 3.19. The summed E-state index contributed by atoms with van der Waals surface area (Å²) in [4.78, 5) is 10.2. The van der Waals surface area contributed by atoms with Crippen molar-refractivity contribution < 1.29 is 14.6 Å². The molecule has 1 rings (SSSR count). The number of ether oxygens (including phenoxy) is 1. The van der Waals surface area contributed by atoms with Gasteiger partial charge in [-0.15, -0.1) is 12.4 Å². The van der Waals surface area contributed by atoms with E-state index in [0.29, 0.717) is 0 Å². The first-order chi connectivity index (χ1) is 5.70. The van der Waals surface area contributed by atoms with Crippen LogP contribution in [0.1, 0.15) is 25.7 Å². The lowest BCUT2D eigenvalue weighted by Crippen LogP contribution is -2.40. The van der Waals surface area contributed by atoms with Gasteiger partial charge in [-0.2, -0.15) is 0 Å². The van der Waals surface area contributed by atoms with Gasteiger partial charge in [-0.05, 0) is 12.8 Å². The Morgan fingerprint density at radius 2 is 2.08 bits per heavy atom. The normalized spacial score (nSPS) is 27.8. The number of aliphatic carboxylic acids is 1. The van der Waals surface area contributed by atoms with E-state index in [1.54, 1.807) is 0 Å². The third kappa shape index (κ3) is 4.45. The van der Waals surface area contributed by atoms with Crippen LogP contribution in [-0.4, -0.2) is 29.8 Å². The van der Waals surface area contributed by atoms with Crippen LogP contribution in [0.3, 0.4) is 0 Å². The average molecular weight is 210 g/mol. The summed E-state index contributed by atoms with van der Waals surface area (Å²) in [5.74, 6) is -0.923. The van der Waals surface area contributed by atoms with E-state index < -0.39 is 5.97 Å². The summed E-state index contributed by atoms with van der Waals surface area (Å²) in [5, 5.41) is 8.36. The second kappa shape index (κ2) is 6.18. The Hall–Kier alpha value is -0.320. The molecule has 0 saturated heterocycles. The number of nitrogens with two attached hydrogens (primary N) is 1. The molecule has 0 aromatic heterocycles. The van der Waals surface area contributed by atoms with Gasteiger partial charge in [0, 0.05) is 6.04 Å². The molecule has 13 heavy (non-hydrogen) atoms. The molecule has 0 aromatic rings. The highest BCUT2D eigenvalue weighted by Gasteiger charge is 2.22. The van der Waals surface area contributed by atoms with Crippen LogP contribution in [-0.2, 0) is 9.53 Å². The van der Waals surface area contributed by atoms with Crippen LogP contribution < -0.4 is 5.73 Å². The summed E-state index contributed by atoms with van der Waals surface area (Å²) in [6.07, 6.45) is 4.03. The van der Waals surface area contributed by atoms with Crippen LogP contribution in [0.5, 0.6) is 0 Å². The fourth-order valence-corrected chi connectivity index (χ4v) is 1.51. The van der Waals surface area contributed by atoms with Gasteiger partial charge in [0.15, 0.2) is 0 Å². The number of hydrogen-bond acceptors (Lipinski definition) is 3. The molecule has 0 spiro atoms. The summed E-state index contributed by atoms with van der Waals surface area (Å²) in [6.45, 7) is -0.224. The minimum Gasteiger partial charge on any atom is -0.480 e. The van der Waals surface area contributed by atoms with E-state index in [0.717, 1.165) is 25.7 Å². The SMILES string of the molecule is Cl.NC1CCCC[C@H]1OCC(=O)O. The lowest BCUT2D eigenvalue weighted by atomic mass is 9.93. The molecule has 1 saturated carbocycles. The standard InChI is InChI=1S/C8H15NO3.ClH/c9-6-3-1-2-4-7(6)12-5-8(10)11;/h6-7H,1-5,9H2,(H,10,11);1H/t6?,7-;/m1./s1. The van der Waals surface area contributed by atoms with Crippen molar-refractivity contribution in [3.8, 4) is 0 Å². The molecule has 78 valence electrons. The van der Waals surface area contributed by atoms with Crippen LogP contribution >= 0.6 is 12.4 Å². The highest BCUT2D eigenvalue weighted by Crippen LogP contribution is 2.19. The largest absolute Gasteiger partial charge is 0.480 e. The van der Waals surface area contributed by atoms with E-state index in [4.69, 9.17) is 15.6 Å². The van der Waals surface area contributed by atoms with Gasteiger partial charge in [0.25, 0.3) is 0 Å². The van der Waals surface area contributed by atoms with E-state index in [1.807, 2.05) is 0 Å². The van der Waals surface area contributed by atoms with Crippen molar-refractivity contribution in [2.24, 2.45) is 5.73 Å². The second-order valence-electron chi connectivity index (χ2n) is 3.19. The van der Waals surface area contributed by atoms with Crippen LogP contribution in [0.15, 0.2) is 0 Å². The number of carbonyl (C=O) groups is 1. The van der Waals surface area contributed by atoms with Crippen molar-refractivity contribution >= 4 is 18.4 Å². The quantitative estimate of drug-likeness (QED) is 0.721. The maximum Gasteiger partial charge on any atom is 0.329 e. The highest BCUT2D eigenvalue weighted by atomic mass is 35.5. The Bertz CT molecular complexity index is 165. The number of hydrogen-bond donors (Lipinski definition) is 2. The van der Waals surface area contributed by atoms with Crippen LogP contribution in [0.4, 0.5) is 0 Å². The molecule has 4 nitrogen and oxygen atoms in total. The minimum atomic E-state index is -0.923. The van der Waals surface area contributed by atoms with Crippen LogP contribution in [0, 0.1) is 0 Å². The molecule has 0 radical (unpaired) electrons. The fraction of sp³-hybridized carbons (Fsp3) is 0.875. The van der Waals surface area contributed by atoms with Gasteiger partial charge in [0.05, 0.1) is 6.10 Å². The lowest BCUT2D eigenvalue weighted by molar-refractivity contribution is -0.145. The highest BCUT2D eigenvalue weighted by molar-refractivity contribution is 5.85. The summed E-state index contributed by atoms with van der Waals surface area (Å²) >= 11 is 0. The van der Waals surface area contributed by atoms with Crippen molar-refractivity contribution in [2.45, 2.75) is 37.8 Å². The molecule has 0 amide bonds. The predicted octanol–water partition coefficient (Wildman–Crippen LogP) is 0.779. The van der Waals surface area contributed by atoms with E-state index in [-0.39, 0.29) is 31.2 Å². The summed E-state index contributed by atoms with van der Waals surface area (Å²) in [7, 11) is 0. The third-order valence-corrected chi connectivity index (χ3v) is 2.17. The molecule has 0 aliphatic heterocycles. The first-order valence-corrected chi connectivity index (χ1v) is 4.29. The molecule has 0 bridgehead atoms. The van der Waals surface area contributed by atoms with Gasteiger partial charge in [-0.25, -0.2) is 4.79 Å². The molecular formula is C8H16ClNO3.